The third-order valence-electron chi connectivity index (χ3n) is 3.53. The summed E-state index contributed by atoms with van der Waals surface area (Å²) in [6.07, 6.45) is 0.113. The zero-order chi connectivity index (χ0) is 15.6. The van der Waals surface area contributed by atoms with Crippen molar-refractivity contribution in [3.05, 3.63) is 20.2 Å². The molecule has 0 radical (unpaired) electrons. The Balaban J connectivity index is 2.14. The van der Waals surface area contributed by atoms with Gasteiger partial charge < -0.3 is 4.90 Å². The van der Waals surface area contributed by atoms with Crippen LogP contribution in [0.15, 0.2) is 4.79 Å². The Hall–Kier alpha value is -1.31. The van der Waals surface area contributed by atoms with Gasteiger partial charge >= 0.3 is 11.0 Å². The number of aryl methyl sites for hydroxylation is 1. The molecule has 21 heavy (non-hydrogen) atoms. The maximum atomic E-state index is 12.3. The average molecular weight is 322 g/mol. The van der Waals surface area contributed by atoms with E-state index in [1.807, 2.05) is 0 Å². The van der Waals surface area contributed by atoms with Crippen molar-refractivity contribution in [2.75, 3.05) is 13.6 Å². The van der Waals surface area contributed by atoms with Crippen molar-refractivity contribution in [2.24, 2.45) is 0 Å². The van der Waals surface area contributed by atoms with Crippen LogP contribution in [0.1, 0.15) is 29.8 Å². The normalized spacial score (nSPS) is 15.4. The van der Waals surface area contributed by atoms with Crippen molar-refractivity contribution in [1.29, 1.82) is 0 Å². The molecule has 0 spiro atoms. The second-order valence-electron chi connectivity index (χ2n) is 5.25. The van der Waals surface area contributed by atoms with Gasteiger partial charge in [0.1, 0.15) is 13.1 Å². The van der Waals surface area contributed by atoms with E-state index in [4.69, 9.17) is 0 Å². The summed E-state index contributed by atoms with van der Waals surface area (Å²) in [6, 6.07) is 0. The number of amides is 1. The van der Waals surface area contributed by atoms with E-state index < -0.39 is 18.6 Å². The van der Waals surface area contributed by atoms with Gasteiger partial charge in [-0.25, -0.2) is 0 Å². The molecule has 1 aliphatic rings. The largest absolute Gasteiger partial charge is 0.406 e. The third-order valence-corrected chi connectivity index (χ3v) is 4.61. The standard InChI is InChI=1S/C13H17F3N2O2S/c1-17(8-13(14,15)16)11(19)7-18-9-5-3-2-4-6-10(9)21-12(18)20/h2-8H2,1H3. The molecule has 0 saturated carbocycles. The van der Waals surface area contributed by atoms with Gasteiger partial charge in [0, 0.05) is 17.6 Å². The Labute approximate surface area is 124 Å². The van der Waals surface area contributed by atoms with Crippen molar-refractivity contribution < 1.29 is 18.0 Å². The summed E-state index contributed by atoms with van der Waals surface area (Å²) in [6.45, 7) is -1.61. The van der Waals surface area contributed by atoms with Gasteiger partial charge in [-0.05, 0) is 25.7 Å². The highest BCUT2D eigenvalue weighted by Crippen LogP contribution is 2.23. The van der Waals surface area contributed by atoms with E-state index in [1.165, 1.54) is 4.57 Å². The molecule has 8 heteroatoms. The van der Waals surface area contributed by atoms with Crippen LogP contribution in [0.5, 0.6) is 0 Å². The van der Waals surface area contributed by atoms with Crippen LogP contribution in [0.3, 0.4) is 0 Å². The Morgan fingerprint density at radius 2 is 1.95 bits per heavy atom. The fraction of sp³-hybridized carbons (Fsp3) is 0.692. The summed E-state index contributed by atoms with van der Waals surface area (Å²) < 4.78 is 38.2. The molecule has 1 aromatic heterocycles. The molecular formula is C13H17F3N2O2S. The number of alkyl halides is 3. The fourth-order valence-electron chi connectivity index (χ4n) is 2.48. The van der Waals surface area contributed by atoms with Crippen LogP contribution in [0.4, 0.5) is 13.2 Å². The molecule has 0 atom stereocenters. The molecule has 0 fully saturated rings. The Morgan fingerprint density at radius 1 is 1.29 bits per heavy atom. The summed E-state index contributed by atoms with van der Waals surface area (Å²) in [5.41, 5.74) is 0.830. The monoisotopic (exact) mass is 322 g/mol. The SMILES string of the molecule is CN(CC(F)(F)F)C(=O)Cn1c2c(sc1=O)CCCCC2. The summed E-state index contributed by atoms with van der Waals surface area (Å²) in [5, 5.41) is 0. The first-order valence-corrected chi connectivity index (χ1v) is 7.61. The molecule has 4 nitrogen and oxygen atoms in total. The van der Waals surface area contributed by atoms with E-state index in [9.17, 15) is 22.8 Å². The number of thiazole rings is 1. The molecule has 1 aliphatic carbocycles. The molecular weight excluding hydrogens is 305 g/mol. The van der Waals surface area contributed by atoms with Crippen molar-refractivity contribution in [2.45, 2.75) is 44.8 Å². The summed E-state index contributed by atoms with van der Waals surface area (Å²) in [5.74, 6) is -0.695. The molecule has 0 saturated heterocycles. The Kier molecular flexibility index (Phi) is 4.75. The number of carbonyl (C=O) groups excluding carboxylic acids is 1. The number of hydrogen-bond acceptors (Lipinski definition) is 3. The van der Waals surface area contributed by atoms with Crippen LogP contribution in [0, 0.1) is 0 Å². The molecule has 0 bridgehead atoms. The highest BCUT2D eigenvalue weighted by molar-refractivity contribution is 7.09. The second-order valence-corrected chi connectivity index (χ2v) is 6.30. The van der Waals surface area contributed by atoms with Crippen LogP contribution in [-0.2, 0) is 24.2 Å². The van der Waals surface area contributed by atoms with E-state index in [0.29, 0.717) is 11.3 Å². The smallest absolute Gasteiger partial charge is 0.335 e. The minimum atomic E-state index is -4.43. The van der Waals surface area contributed by atoms with Crippen LogP contribution in [0.25, 0.3) is 0 Å². The number of fused-ring (bicyclic) bond motifs is 1. The maximum Gasteiger partial charge on any atom is 0.406 e. The first-order valence-electron chi connectivity index (χ1n) is 6.80. The molecule has 1 amide bonds. The average Bonchev–Trinajstić information content (AvgIpc) is 2.54. The Bertz CT molecular complexity index is 577. The third kappa shape index (κ3) is 4.09. The van der Waals surface area contributed by atoms with E-state index >= 15 is 0 Å². The van der Waals surface area contributed by atoms with Crippen LogP contribution in [0.2, 0.25) is 0 Å². The number of halogens is 3. The molecule has 2 rings (SSSR count). The first-order chi connectivity index (χ1) is 9.78. The predicted octanol–water partition coefficient (Wildman–Crippen LogP) is 2.20. The Morgan fingerprint density at radius 3 is 2.62 bits per heavy atom. The van der Waals surface area contributed by atoms with Crippen molar-refractivity contribution >= 4 is 17.2 Å². The molecule has 0 N–H and O–H groups in total. The number of rotatable bonds is 3. The van der Waals surface area contributed by atoms with Gasteiger partial charge in [-0.15, -0.1) is 0 Å². The van der Waals surface area contributed by atoms with Gasteiger partial charge in [0.2, 0.25) is 5.91 Å². The van der Waals surface area contributed by atoms with Crippen molar-refractivity contribution in [1.82, 2.24) is 9.47 Å². The van der Waals surface area contributed by atoms with Crippen LogP contribution in [-0.4, -0.2) is 35.1 Å². The van der Waals surface area contributed by atoms with Gasteiger partial charge in [0.25, 0.3) is 0 Å². The maximum absolute atomic E-state index is 12.3. The second kappa shape index (κ2) is 6.21. The summed E-state index contributed by atoms with van der Waals surface area (Å²) in [7, 11) is 1.10. The van der Waals surface area contributed by atoms with E-state index in [0.717, 1.165) is 54.6 Å². The number of likely N-dealkylation sites (N-methyl/N-ethyl adjacent to an activating group) is 1. The minimum Gasteiger partial charge on any atom is -0.335 e. The van der Waals surface area contributed by atoms with Gasteiger partial charge in [-0.2, -0.15) is 13.2 Å². The van der Waals surface area contributed by atoms with Gasteiger partial charge in [0.15, 0.2) is 0 Å². The summed E-state index contributed by atoms with van der Waals surface area (Å²) >= 11 is 1.11. The molecule has 0 aromatic carbocycles. The zero-order valence-corrected chi connectivity index (χ0v) is 12.5. The predicted molar refractivity (Wildman–Crippen MR) is 73.5 cm³/mol. The van der Waals surface area contributed by atoms with E-state index in [-0.39, 0.29) is 11.4 Å². The van der Waals surface area contributed by atoms with E-state index in [1.54, 1.807) is 0 Å². The lowest BCUT2D eigenvalue weighted by atomic mass is 10.2. The topological polar surface area (TPSA) is 42.3 Å². The summed E-state index contributed by atoms with van der Waals surface area (Å²) in [4.78, 5) is 25.2. The number of hydrogen-bond donors (Lipinski definition) is 0. The van der Waals surface area contributed by atoms with Gasteiger partial charge in [-0.3, -0.25) is 14.2 Å². The molecule has 0 unspecified atom stereocenters. The van der Waals surface area contributed by atoms with Crippen molar-refractivity contribution in [3.63, 3.8) is 0 Å². The number of aromatic nitrogens is 1. The fourth-order valence-corrected chi connectivity index (χ4v) is 3.55. The lowest BCUT2D eigenvalue weighted by Crippen LogP contribution is -2.39. The highest BCUT2D eigenvalue weighted by Gasteiger charge is 2.31. The lowest BCUT2D eigenvalue weighted by molar-refractivity contribution is -0.158. The minimum absolute atomic E-state index is 0.254. The quantitative estimate of drug-likeness (QED) is 0.801. The number of nitrogens with zero attached hydrogens (tertiary/aromatic N) is 2. The molecule has 0 aliphatic heterocycles. The lowest BCUT2D eigenvalue weighted by Gasteiger charge is -2.19. The van der Waals surface area contributed by atoms with Crippen LogP contribution < -0.4 is 4.87 Å². The van der Waals surface area contributed by atoms with Crippen LogP contribution >= 0.6 is 11.3 Å². The highest BCUT2D eigenvalue weighted by atomic mass is 32.1. The molecule has 1 aromatic rings. The zero-order valence-electron chi connectivity index (χ0n) is 11.7. The molecule has 118 valence electrons. The number of carbonyl (C=O) groups is 1. The van der Waals surface area contributed by atoms with Gasteiger partial charge in [0.05, 0.1) is 0 Å². The first kappa shape index (κ1) is 16.1. The molecule has 1 heterocycles. The van der Waals surface area contributed by atoms with Crippen molar-refractivity contribution in [3.8, 4) is 0 Å². The van der Waals surface area contributed by atoms with E-state index in [2.05, 4.69) is 0 Å². The van der Waals surface area contributed by atoms with Gasteiger partial charge in [-0.1, -0.05) is 17.8 Å².